The van der Waals surface area contributed by atoms with Crippen molar-refractivity contribution in [1.29, 1.82) is 0 Å². The molecule has 0 fully saturated rings. The standard InChI is InChI=1S/C12H23NO4/c1-6-17-11(16)10(8(2)14)13-9(15)7-12(3,4)5/h8,10,14H,6-7H2,1-5H3,(H,13,15). The van der Waals surface area contributed by atoms with Crippen molar-refractivity contribution in [3.63, 3.8) is 0 Å². The fourth-order valence-corrected chi connectivity index (χ4v) is 1.31. The average Bonchev–Trinajstić information content (AvgIpc) is 2.11. The number of hydrogen-bond acceptors (Lipinski definition) is 4. The van der Waals surface area contributed by atoms with Crippen molar-refractivity contribution in [2.45, 2.75) is 53.2 Å². The van der Waals surface area contributed by atoms with E-state index in [1.54, 1.807) is 6.92 Å². The van der Waals surface area contributed by atoms with Crippen molar-refractivity contribution < 1.29 is 19.4 Å². The summed E-state index contributed by atoms with van der Waals surface area (Å²) in [5, 5.41) is 11.9. The quantitative estimate of drug-likeness (QED) is 0.704. The van der Waals surface area contributed by atoms with Crippen LogP contribution in [0, 0.1) is 5.41 Å². The zero-order valence-corrected chi connectivity index (χ0v) is 11.2. The van der Waals surface area contributed by atoms with Gasteiger partial charge in [-0.2, -0.15) is 0 Å². The van der Waals surface area contributed by atoms with Gasteiger partial charge in [-0.3, -0.25) is 4.79 Å². The maximum Gasteiger partial charge on any atom is 0.331 e. The summed E-state index contributed by atoms with van der Waals surface area (Å²) in [6, 6.07) is -0.996. The molecule has 5 heteroatoms. The molecule has 0 heterocycles. The lowest BCUT2D eigenvalue weighted by atomic mass is 9.92. The third kappa shape index (κ3) is 6.94. The van der Waals surface area contributed by atoms with Gasteiger partial charge in [-0.05, 0) is 19.3 Å². The van der Waals surface area contributed by atoms with E-state index in [0.29, 0.717) is 0 Å². The summed E-state index contributed by atoms with van der Waals surface area (Å²) in [5.74, 6) is -0.874. The Morgan fingerprint density at radius 3 is 2.24 bits per heavy atom. The average molecular weight is 245 g/mol. The zero-order chi connectivity index (χ0) is 13.6. The maximum absolute atomic E-state index is 11.7. The fraction of sp³-hybridized carbons (Fsp3) is 0.833. The van der Waals surface area contributed by atoms with Gasteiger partial charge in [-0.1, -0.05) is 20.8 Å². The Labute approximate surface area is 103 Å². The van der Waals surface area contributed by atoms with E-state index in [1.807, 2.05) is 20.8 Å². The second-order valence-electron chi connectivity index (χ2n) is 5.28. The van der Waals surface area contributed by atoms with E-state index in [2.05, 4.69) is 5.32 Å². The predicted molar refractivity (Wildman–Crippen MR) is 64.3 cm³/mol. The van der Waals surface area contributed by atoms with Gasteiger partial charge in [0.05, 0.1) is 12.7 Å². The summed E-state index contributed by atoms with van der Waals surface area (Å²) in [6.07, 6.45) is -0.687. The number of esters is 1. The minimum absolute atomic E-state index is 0.165. The Bertz CT molecular complexity index is 268. The number of carbonyl (C=O) groups excluding carboxylic acids is 2. The predicted octanol–water partition coefficient (Wildman–Crippen LogP) is 0.851. The Kier molecular flexibility index (Phi) is 6.16. The lowest BCUT2D eigenvalue weighted by Crippen LogP contribution is -2.49. The molecule has 0 aromatic carbocycles. The molecule has 5 nitrogen and oxygen atoms in total. The van der Waals surface area contributed by atoms with Crippen LogP contribution in [0.4, 0.5) is 0 Å². The van der Waals surface area contributed by atoms with Gasteiger partial charge in [0.2, 0.25) is 5.91 Å². The molecule has 0 saturated heterocycles. The second-order valence-corrected chi connectivity index (χ2v) is 5.28. The molecule has 2 N–H and O–H groups in total. The Morgan fingerprint density at radius 2 is 1.88 bits per heavy atom. The molecule has 0 aliphatic carbocycles. The van der Waals surface area contributed by atoms with Gasteiger partial charge in [0, 0.05) is 6.42 Å². The largest absolute Gasteiger partial charge is 0.464 e. The number of aliphatic hydroxyl groups is 1. The number of nitrogens with one attached hydrogen (secondary N) is 1. The normalized spacial score (nSPS) is 14.9. The molecule has 0 aromatic heterocycles. The third-order valence-corrected chi connectivity index (χ3v) is 2.03. The smallest absolute Gasteiger partial charge is 0.331 e. The highest BCUT2D eigenvalue weighted by atomic mass is 16.5. The summed E-state index contributed by atoms with van der Waals surface area (Å²) in [4.78, 5) is 23.1. The van der Waals surface area contributed by atoms with Gasteiger partial charge in [0.1, 0.15) is 0 Å². The van der Waals surface area contributed by atoms with Gasteiger partial charge in [-0.15, -0.1) is 0 Å². The Hall–Kier alpha value is -1.10. The monoisotopic (exact) mass is 245 g/mol. The number of hydrogen-bond donors (Lipinski definition) is 2. The number of carbonyl (C=O) groups is 2. The first-order valence-electron chi connectivity index (χ1n) is 5.81. The van der Waals surface area contributed by atoms with E-state index in [9.17, 15) is 14.7 Å². The lowest BCUT2D eigenvalue weighted by molar-refractivity contribution is -0.150. The Balaban J connectivity index is 4.46. The van der Waals surface area contributed by atoms with E-state index < -0.39 is 18.1 Å². The molecule has 1 amide bonds. The van der Waals surface area contributed by atoms with Crippen LogP contribution in [-0.2, 0) is 14.3 Å². The van der Waals surface area contributed by atoms with Crippen molar-refractivity contribution >= 4 is 11.9 Å². The fourth-order valence-electron chi connectivity index (χ4n) is 1.31. The van der Waals surface area contributed by atoms with Crippen LogP contribution in [0.2, 0.25) is 0 Å². The van der Waals surface area contributed by atoms with Crippen LogP contribution in [0.25, 0.3) is 0 Å². The number of ether oxygens (including phenoxy) is 1. The van der Waals surface area contributed by atoms with E-state index in [1.165, 1.54) is 6.92 Å². The minimum atomic E-state index is -0.996. The highest BCUT2D eigenvalue weighted by Crippen LogP contribution is 2.18. The van der Waals surface area contributed by atoms with Gasteiger partial charge >= 0.3 is 5.97 Å². The summed E-state index contributed by atoms with van der Waals surface area (Å²) in [7, 11) is 0. The molecule has 2 unspecified atom stereocenters. The second kappa shape index (κ2) is 6.59. The molecule has 0 aliphatic heterocycles. The first-order chi connectivity index (χ1) is 7.67. The van der Waals surface area contributed by atoms with E-state index in [4.69, 9.17) is 4.74 Å². The Morgan fingerprint density at radius 1 is 1.35 bits per heavy atom. The van der Waals surface area contributed by atoms with Gasteiger partial charge in [-0.25, -0.2) is 4.79 Å². The molecule has 0 saturated carbocycles. The molecular weight excluding hydrogens is 222 g/mol. The highest BCUT2D eigenvalue weighted by Gasteiger charge is 2.28. The molecule has 100 valence electrons. The maximum atomic E-state index is 11.7. The molecule has 0 bridgehead atoms. The highest BCUT2D eigenvalue weighted by molar-refractivity contribution is 5.85. The molecule has 0 aromatic rings. The van der Waals surface area contributed by atoms with Crippen LogP contribution >= 0.6 is 0 Å². The van der Waals surface area contributed by atoms with Crippen LogP contribution in [0.5, 0.6) is 0 Å². The molecule has 2 atom stereocenters. The zero-order valence-electron chi connectivity index (χ0n) is 11.2. The van der Waals surface area contributed by atoms with Crippen molar-refractivity contribution in [2.75, 3.05) is 6.61 Å². The van der Waals surface area contributed by atoms with Crippen LogP contribution in [0.1, 0.15) is 41.0 Å². The third-order valence-electron chi connectivity index (χ3n) is 2.03. The van der Waals surface area contributed by atoms with Gasteiger partial charge in [0.25, 0.3) is 0 Å². The molecule has 0 spiro atoms. The molecule has 0 rings (SSSR count). The molecule has 0 radical (unpaired) electrons. The molecule has 17 heavy (non-hydrogen) atoms. The van der Waals surface area contributed by atoms with Crippen LogP contribution in [-0.4, -0.2) is 35.7 Å². The summed E-state index contributed by atoms with van der Waals surface area (Å²) < 4.78 is 4.78. The van der Waals surface area contributed by atoms with E-state index in [0.717, 1.165) is 0 Å². The molecule has 0 aliphatic rings. The summed E-state index contributed by atoms with van der Waals surface area (Å²) in [5.41, 5.74) is -0.165. The SMILES string of the molecule is CCOC(=O)C(NC(=O)CC(C)(C)C)C(C)O. The number of rotatable bonds is 5. The lowest BCUT2D eigenvalue weighted by Gasteiger charge is -2.22. The first kappa shape index (κ1) is 15.9. The van der Waals surface area contributed by atoms with Crippen LogP contribution < -0.4 is 5.32 Å². The summed E-state index contributed by atoms with van der Waals surface area (Å²) >= 11 is 0. The number of amides is 1. The topological polar surface area (TPSA) is 75.6 Å². The van der Waals surface area contributed by atoms with Crippen LogP contribution in [0.3, 0.4) is 0 Å². The van der Waals surface area contributed by atoms with Crippen molar-refractivity contribution in [3.8, 4) is 0 Å². The first-order valence-corrected chi connectivity index (χ1v) is 5.81. The van der Waals surface area contributed by atoms with E-state index >= 15 is 0 Å². The minimum Gasteiger partial charge on any atom is -0.464 e. The van der Waals surface area contributed by atoms with Gasteiger partial charge < -0.3 is 15.2 Å². The van der Waals surface area contributed by atoms with Crippen molar-refractivity contribution in [3.05, 3.63) is 0 Å². The van der Waals surface area contributed by atoms with Gasteiger partial charge in [0.15, 0.2) is 6.04 Å². The summed E-state index contributed by atoms with van der Waals surface area (Å²) in [6.45, 7) is 9.11. The van der Waals surface area contributed by atoms with Crippen LogP contribution in [0.15, 0.2) is 0 Å². The molecular formula is C12H23NO4. The number of aliphatic hydroxyl groups excluding tert-OH is 1. The van der Waals surface area contributed by atoms with Crippen molar-refractivity contribution in [1.82, 2.24) is 5.32 Å². The van der Waals surface area contributed by atoms with Crippen molar-refractivity contribution in [2.24, 2.45) is 5.41 Å². The van der Waals surface area contributed by atoms with E-state index in [-0.39, 0.29) is 24.3 Å².